The molecule has 6 aromatic rings. The van der Waals surface area contributed by atoms with Gasteiger partial charge in [-0.15, -0.1) is 0 Å². The smallest absolute Gasteiger partial charge is 0.411 e. The van der Waals surface area contributed by atoms with Crippen LogP contribution in [0.15, 0.2) is 122 Å². The van der Waals surface area contributed by atoms with Crippen molar-refractivity contribution in [1.29, 1.82) is 0 Å². The number of aromatic amines is 2. The summed E-state index contributed by atoms with van der Waals surface area (Å²) in [6.07, 6.45) is 2.81. The highest BCUT2D eigenvalue weighted by Gasteiger charge is 2.40. The molecule has 2 aromatic heterocycles. The lowest BCUT2D eigenvalue weighted by atomic mass is 9.85. The molecule has 2 N–H and O–H groups in total. The first kappa shape index (κ1) is 51.2. The number of ether oxygens (including phenoxy) is 4. The van der Waals surface area contributed by atoms with Gasteiger partial charge in [0.1, 0.15) is 22.9 Å². The van der Waals surface area contributed by atoms with Gasteiger partial charge in [-0.2, -0.15) is 0 Å². The van der Waals surface area contributed by atoms with Crippen LogP contribution in [0.3, 0.4) is 0 Å². The Labute approximate surface area is 403 Å². The maximum atomic E-state index is 13.8. The minimum atomic E-state index is -0.677. The minimum Gasteiger partial charge on any atom is -0.444 e. The molecule has 0 fully saturated rings. The molecule has 0 radical (unpaired) electrons. The van der Waals surface area contributed by atoms with Gasteiger partial charge in [0.05, 0.1) is 62.3 Å². The molecule has 0 aliphatic carbocycles. The predicted molar refractivity (Wildman–Crippen MR) is 270 cm³/mol. The number of carbonyl (C=O) groups excluding carboxylic acids is 2. The Kier molecular flexibility index (Phi) is 16.4. The zero-order valence-electron chi connectivity index (χ0n) is 42.2. The largest absolute Gasteiger partial charge is 0.444 e. The van der Waals surface area contributed by atoms with Gasteiger partial charge in [-0.25, -0.2) is 19.6 Å². The average Bonchev–Trinajstić information content (AvgIpc) is 3.95. The molecule has 0 aliphatic heterocycles. The molecule has 0 bridgehead atoms. The molecule has 0 saturated carbocycles. The molecule has 2 atom stereocenters. The first-order valence-corrected chi connectivity index (χ1v) is 23.6. The molecule has 2 amide bonds. The summed E-state index contributed by atoms with van der Waals surface area (Å²) in [5.41, 5.74) is 5.72. The van der Waals surface area contributed by atoms with Crippen LogP contribution in [0.2, 0.25) is 0 Å². The maximum Gasteiger partial charge on any atom is 0.411 e. The monoisotopic (exact) mass is 925 g/mol. The fourth-order valence-corrected chi connectivity index (χ4v) is 8.13. The van der Waals surface area contributed by atoms with Gasteiger partial charge >= 0.3 is 12.2 Å². The first-order valence-electron chi connectivity index (χ1n) is 23.6. The fraction of sp³-hybridized carbons (Fsp3) is 0.429. The molecular weight excluding hydrogens is 853 g/mol. The van der Waals surface area contributed by atoms with Crippen LogP contribution in [0.5, 0.6) is 0 Å². The molecule has 12 nitrogen and oxygen atoms in total. The molecule has 0 unspecified atom stereocenters. The average molecular weight is 925 g/mol. The van der Waals surface area contributed by atoms with Crippen molar-refractivity contribution in [3.63, 3.8) is 0 Å². The van der Waals surface area contributed by atoms with Gasteiger partial charge in [0.25, 0.3) is 0 Å². The summed E-state index contributed by atoms with van der Waals surface area (Å²) in [5, 5.41) is 0. The number of aromatic nitrogens is 4. The second-order valence-electron chi connectivity index (χ2n) is 21.5. The first-order chi connectivity index (χ1) is 32.1. The number of H-pyrrole nitrogens is 2. The fourth-order valence-electron chi connectivity index (χ4n) is 8.13. The van der Waals surface area contributed by atoms with Crippen molar-refractivity contribution in [1.82, 2.24) is 29.7 Å². The highest BCUT2D eigenvalue weighted by Crippen LogP contribution is 2.40. The van der Waals surface area contributed by atoms with Crippen LogP contribution in [0.4, 0.5) is 9.59 Å². The SMILES string of the molecule is CC(C)(C)OC(=O)N(CCOCc1ccccc1)[C@H](c1ncc(-c2ccc(-c3ccc(-c4cnc([C@@H](N(CCOCc5ccccc5)C(=O)OC(C)(C)C)C(C)(C)C)[nH]4)cc3)cc2)[nH]1)C(C)(C)C. The number of hydrogen-bond acceptors (Lipinski definition) is 8. The van der Waals surface area contributed by atoms with Crippen LogP contribution in [0, 0.1) is 10.8 Å². The number of amides is 2. The topological polar surface area (TPSA) is 135 Å². The quantitative estimate of drug-likeness (QED) is 0.0864. The van der Waals surface area contributed by atoms with Crippen molar-refractivity contribution in [2.75, 3.05) is 26.3 Å². The van der Waals surface area contributed by atoms with E-state index in [2.05, 4.69) is 100 Å². The molecular formula is C56H72N6O6. The lowest BCUT2D eigenvalue weighted by Crippen LogP contribution is -2.45. The van der Waals surface area contributed by atoms with Crippen LogP contribution in [0.1, 0.15) is 118 Å². The molecule has 0 spiro atoms. The number of nitrogens with one attached hydrogen (secondary N) is 2. The second-order valence-corrected chi connectivity index (χ2v) is 21.5. The van der Waals surface area contributed by atoms with Crippen molar-refractivity contribution >= 4 is 12.2 Å². The zero-order valence-corrected chi connectivity index (χ0v) is 42.2. The zero-order chi connectivity index (χ0) is 49.3. The van der Waals surface area contributed by atoms with E-state index in [-0.39, 0.29) is 0 Å². The Bertz CT molecular complexity index is 2330. The van der Waals surface area contributed by atoms with Gasteiger partial charge in [-0.05, 0) is 85.8 Å². The Morgan fingerprint density at radius 1 is 0.485 bits per heavy atom. The summed E-state index contributed by atoms with van der Waals surface area (Å²) in [6.45, 7) is 26.0. The third-order valence-corrected chi connectivity index (χ3v) is 11.1. The van der Waals surface area contributed by atoms with Crippen molar-refractivity contribution in [2.24, 2.45) is 10.8 Å². The number of imidazole rings is 2. The molecule has 12 heteroatoms. The Balaban J connectivity index is 1.17. The number of rotatable bonds is 17. The van der Waals surface area contributed by atoms with E-state index in [0.717, 1.165) is 44.8 Å². The third-order valence-electron chi connectivity index (χ3n) is 11.1. The summed E-state index contributed by atoms with van der Waals surface area (Å²) in [5.74, 6) is 1.34. The van der Waals surface area contributed by atoms with Crippen molar-refractivity contribution in [3.8, 4) is 33.6 Å². The lowest BCUT2D eigenvalue weighted by molar-refractivity contribution is -0.0111. The molecule has 0 aliphatic rings. The molecule has 2 heterocycles. The summed E-state index contributed by atoms with van der Waals surface area (Å²) in [6, 6.07) is 35.8. The van der Waals surface area contributed by atoms with E-state index in [9.17, 15) is 9.59 Å². The molecule has 4 aromatic carbocycles. The third kappa shape index (κ3) is 14.4. The van der Waals surface area contributed by atoms with Gasteiger partial charge in [-0.3, -0.25) is 9.80 Å². The summed E-state index contributed by atoms with van der Waals surface area (Å²) in [7, 11) is 0. The Morgan fingerprint density at radius 2 is 0.809 bits per heavy atom. The highest BCUT2D eigenvalue weighted by atomic mass is 16.6. The van der Waals surface area contributed by atoms with Crippen LogP contribution < -0.4 is 0 Å². The normalized spacial score (nSPS) is 13.2. The minimum absolute atomic E-state index is 0.324. The Hall–Kier alpha value is -6.24. The van der Waals surface area contributed by atoms with E-state index in [1.54, 1.807) is 9.80 Å². The van der Waals surface area contributed by atoms with Gasteiger partial charge in [0.15, 0.2) is 0 Å². The van der Waals surface area contributed by atoms with Crippen molar-refractivity contribution in [3.05, 3.63) is 144 Å². The number of benzene rings is 4. The highest BCUT2D eigenvalue weighted by molar-refractivity contribution is 5.72. The molecule has 0 saturated heterocycles. The van der Waals surface area contributed by atoms with Crippen LogP contribution in [-0.2, 0) is 32.2 Å². The van der Waals surface area contributed by atoms with Gasteiger partial charge < -0.3 is 28.9 Å². The van der Waals surface area contributed by atoms with E-state index < -0.39 is 46.3 Å². The summed E-state index contributed by atoms with van der Waals surface area (Å²) in [4.78, 5) is 48.0. The standard InChI is InChI=1S/C56H72N6O6/c1-53(2,3)47(61(51(63)67-55(7,8)9)31-33-65-37-39-19-15-13-16-20-39)49-57-35-45(59-49)43-27-23-41(24-28-43)42-25-29-44(30-26-42)46-36-58-50(60-46)48(54(4,5)6)62(52(64)68-56(10,11)12)32-34-66-38-40-21-17-14-18-22-40/h13-30,35-36,47-48H,31-34,37-38H2,1-12H3,(H,57,59)(H,58,60)/t47-,48-/m1/s1. The lowest BCUT2D eigenvalue weighted by Gasteiger charge is -2.39. The second kappa shape index (κ2) is 21.8. The number of nitrogens with zero attached hydrogens (tertiary/aromatic N) is 4. The predicted octanol–water partition coefficient (Wildman–Crippen LogP) is 13.2. The summed E-state index contributed by atoms with van der Waals surface area (Å²) >= 11 is 0. The number of carbonyl (C=O) groups is 2. The van der Waals surface area contributed by atoms with E-state index in [1.165, 1.54) is 0 Å². The van der Waals surface area contributed by atoms with Crippen LogP contribution in [0.25, 0.3) is 33.6 Å². The molecule has 6 rings (SSSR count). The maximum absolute atomic E-state index is 13.8. The van der Waals surface area contributed by atoms with E-state index >= 15 is 0 Å². The summed E-state index contributed by atoms with van der Waals surface area (Å²) < 4.78 is 24.0. The molecule has 362 valence electrons. The van der Waals surface area contributed by atoms with E-state index in [4.69, 9.17) is 28.9 Å². The molecule has 68 heavy (non-hydrogen) atoms. The number of hydrogen-bond donors (Lipinski definition) is 2. The van der Waals surface area contributed by atoms with Gasteiger partial charge in [-0.1, -0.05) is 151 Å². The van der Waals surface area contributed by atoms with Gasteiger partial charge in [0.2, 0.25) is 0 Å². The van der Waals surface area contributed by atoms with Crippen molar-refractivity contribution in [2.45, 2.75) is 120 Å². The van der Waals surface area contributed by atoms with E-state index in [0.29, 0.717) is 51.2 Å². The van der Waals surface area contributed by atoms with Crippen molar-refractivity contribution < 1.29 is 28.5 Å². The van der Waals surface area contributed by atoms with E-state index in [1.807, 2.05) is 115 Å². The van der Waals surface area contributed by atoms with Crippen LogP contribution >= 0.6 is 0 Å². The van der Waals surface area contributed by atoms with Crippen LogP contribution in [-0.4, -0.2) is 79.4 Å². The Morgan fingerprint density at radius 3 is 1.12 bits per heavy atom. The van der Waals surface area contributed by atoms with Gasteiger partial charge in [0, 0.05) is 13.1 Å².